The highest BCUT2D eigenvalue weighted by atomic mass is 35.5. The van der Waals surface area contributed by atoms with Crippen molar-refractivity contribution in [1.82, 2.24) is 0 Å². The van der Waals surface area contributed by atoms with E-state index in [9.17, 15) is 0 Å². The van der Waals surface area contributed by atoms with Gasteiger partial charge in [-0.3, -0.25) is 0 Å². The molecule has 0 aromatic rings. The maximum absolute atomic E-state index is 5.62. The Morgan fingerprint density at radius 3 is 2.93 bits per heavy atom. The minimum atomic E-state index is 0.0708. The Morgan fingerprint density at radius 2 is 2.20 bits per heavy atom. The zero-order chi connectivity index (χ0) is 10.8. The van der Waals surface area contributed by atoms with E-state index < -0.39 is 0 Å². The molecule has 0 radical (unpaired) electrons. The summed E-state index contributed by atoms with van der Waals surface area (Å²) >= 11 is 5.42. The summed E-state index contributed by atoms with van der Waals surface area (Å²) in [6, 6.07) is 0. The Bertz CT molecular complexity index is 165. The smallest absolute Gasteiger partial charge is 0.157 e. The second kappa shape index (κ2) is 9.20. The van der Waals surface area contributed by atoms with Gasteiger partial charge >= 0.3 is 0 Å². The Labute approximate surface area is 97.6 Å². The monoisotopic (exact) mass is 232 g/mol. The Hall–Kier alpha value is -0.0500. The molecule has 3 heteroatoms. The first kappa shape index (κ1) is 13.0. The molecule has 1 aliphatic rings. The van der Waals surface area contributed by atoms with Gasteiger partial charge in [0.25, 0.3) is 0 Å². The van der Waals surface area contributed by atoms with Crippen LogP contribution in [0.15, 0.2) is 11.6 Å². The Morgan fingerprint density at radius 1 is 1.27 bits per heavy atom. The van der Waals surface area contributed by atoms with Crippen LogP contribution in [0.2, 0.25) is 0 Å². The van der Waals surface area contributed by atoms with Crippen LogP contribution < -0.4 is 0 Å². The van der Waals surface area contributed by atoms with Gasteiger partial charge in [-0.2, -0.15) is 0 Å². The minimum absolute atomic E-state index is 0.0708. The molecule has 0 amide bonds. The predicted octanol–water partition coefficient (Wildman–Crippen LogP) is 3.84. The molecule has 0 saturated carbocycles. The van der Waals surface area contributed by atoms with Gasteiger partial charge in [0.1, 0.15) is 0 Å². The normalized spacial score (nSPS) is 22.3. The lowest BCUT2D eigenvalue weighted by Crippen LogP contribution is -2.22. The fraction of sp³-hybridized carbons (Fsp3) is 0.833. The minimum Gasteiger partial charge on any atom is -0.353 e. The lowest BCUT2D eigenvalue weighted by molar-refractivity contribution is -0.162. The number of rotatable bonds is 7. The molecule has 0 spiro atoms. The molecule has 1 unspecified atom stereocenters. The quantitative estimate of drug-likeness (QED) is 0.621. The molecule has 1 aliphatic heterocycles. The molecule has 0 aliphatic carbocycles. The van der Waals surface area contributed by atoms with Crippen molar-refractivity contribution in [1.29, 1.82) is 0 Å². The van der Waals surface area contributed by atoms with E-state index in [2.05, 4.69) is 0 Å². The van der Waals surface area contributed by atoms with Gasteiger partial charge in [0.15, 0.2) is 6.29 Å². The van der Waals surface area contributed by atoms with Gasteiger partial charge in [0, 0.05) is 18.7 Å². The summed E-state index contributed by atoms with van der Waals surface area (Å²) in [7, 11) is 0. The summed E-state index contributed by atoms with van der Waals surface area (Å²) in [5.74, 6) is 0. The number of halogens is 1. The Kier molecular flexibility index (Phi) is 7.98. The number of hydrogen-bond donors (Lipinski definition) is 0. The highest BCUT2D eigenvalue weighted by molar-refractivity contribution is 6.25. The van der Waals surface area contributed by atoms with Gasteiger partial charge in [-0.25, -0.2) is 0 Å². The molecule has 88 valence electrons. The van der Waals surface area contributed by atoms with Crippen LogP contribution in [0.25, 0.3) is 0 Å². The van der Waals surface area contributed by atoms with E-state index in [1.54, 1.807) is 5.54 Å². The van der Waals surface area contributed by atoms with Gasteiger partial charge in [-0.15, -0.1) is 0 Å². The highest BCUT2D eigenvalue weighted by Crippen LogP contribution is 2.14. The maximum atomic E-state index is 5.62. The third-order valence-corrected chi connectivity index (χ3v) is 2.72. The van der Waals surface area contributed by atoms with E-state index in [4.69, 9.17) is 21.1 Å². The molecule has 0 aromatic heterocycles. The molecule has 15 heavy (non-hydrogen) atoms. The second-order valence-corrected chi connectivity index (χ2v) is 4.13. The van der Waals surface area contributed by atoms with Crippen LogP contribution in [0.1, 0.15) is 44.9 Å². The highest BCUT2D eigenvalue weighted by Gasteiger charge is 2.12. The van der Waals surface area contributed by atoms with Crippen LogP contribution in [0.5, 0.6) is 0 Å². The maximum Gasteiger partial charge on any atom is 0.157 e. The lowest BCUT2D eigenvalue weighted by atomic mass is 10.2. The van der Waals surface area contributed by atoms with Gasteiger partial charge in [0.2, 0.25) is 0 Å². The summed E-state index contributed by atoms with van der Waals surface area (Å²) in [6.07, 6.45) is 10.1. The van der Waals surface area contributed by atoms with E-state index >= 15 is 0 Å². The third-order valence-electron chi connectivity index (χ3n) is 2.55. The molecule has 1 atom stereocenters. The van der Waals surface area contributed by atoms with Crippen molar-refractivity contribution in [3.8, 4) is 0 Å². The fourth-order valence-corrected chi connectivity index (χ4v) is 1.79. The summed E-state index contributed by atoms with van der Waals surface area (Å²) in [5.41, 5.74) is 1.59. The topological polar surface area (TPSA) is 18.5 Å². The number of allylic oxidation sites excluding steroid dienone is 1. The van der Waals surface area contributed by atoms with Gasteiger partial charge < -0.3 is 9.47 Å². The molecule has 1 heterocycles. The van der Waals surface area contributed by atoms with Gasteiger partial charge in [-0.05, 0) is 38.5 Å². The van der Waals surface area contributed by atoms with Crippen molar-refractivity contribution < 1.29 is 9.47 Å². The average Bonchev–Trinajstić information content (AvgIpc) is 2.29. The van der Waals surface area contributed by atoms with E-state index in [0.29, 0.717) is 0 Å². The zero-order valence-corrected chi connectivity index (χ0v) is 10.0. The molecular formula is C12H21ClO2. The summed E-state index contributed by atoms with van der Waals surface area (Å²) < 4.78 is 11.1. The standard InChI is InChI=1S/C12H21ClO2/c13-9-5-2-1-3-6-10-14-12-8-4-7-11-15-12/h5,9,12H,1-4,6-8,10-11H2/b9-5+. The van der Waals surface area contributed by atoms with Crippen LogP contribution >= 0.6 is 11.6 Å². The molecular weight excluding hydrogens is 212 g/mol. The van der Waals surface area contributed by atoms with Crippen LogP contribution in [0.3, 0.4) is 0 Å². The van der Waals surface area contributed by atoms with E-state index in [-0.39, 0.29) is 6.29 Å². The molecule has 1 rings (SSSR count). The van der Waals surface area contributed by atoms with E-state index in [1.807, 2.05) is 6.08 Å². The molecule has 1 saturated heterocycles. The SMILES string of the molecule is Cl/C=C/CCCCCOC1CCCCO1. The van der Waals surface area contributed by atoms with Crippen molar-refractivity contribution >= 4 is 11.6 Å². The predicted molar refractivity (Wildman–Crippen MR) is 63.0 cm³/mol. The third kappa shape index (κ3) is 6.93. The second-order valence-electron chi connectivity index (χ2n) is 3.88. The van der Waals surface area contributed by atoms with Crippen LogP contribution in [0, 0.1) is 0 Å². The van der Waals surface area contributed by atoms with Gasteiger partial charge in [0.05, 0.1) is 0 Å². The molecule has 0 aromatic carbocycles. The van der Waals surface area contributed by atoms with Crippen molar-refractivity contribution in [3.63, 3.8) is 0 Å². The first-order valence-corrected chi connectivity index (χ1v) is 6.35. The lowest BCUT2D eigenvalue weighted by Gasteiger charge is -2.22. The largest absolute Gasteiger partial charge is 0.353 e. The Balaban J connectivity index is 1.83. The number of unbranched alkanes of at least 4 members (excludes halogenated alkanes) is 3. The molecule has 1 fully saturated rings. The number of ether oxygens (including phenoxy) is 2. The van der Waals surface area contributed by atoms with Crippen molar-refractivity contribution in [2.24, 2.45) is 0 Å². The number of hydrogen-bond acceptors (Lipinski definition) is 2. The van der Waals surface area contributed by atoms with E-state index in [0.717, 1.165) is 32.5 Å². The average molecular weight is 233 g/mol. The van der Waals surface area contributed by atoms with Crippen LogP contribution in [-0.4, -0.2) is 19.5 Å². The van der Waals surface area contributed by atoms with Gasteiger partial charge in [-0.1, -0.05) is 24.1 Å². The zero-order valence-electron chi connectivity index (χ0n) is 9.29. The van der Waals surface area contributed by atoms with E-state index in [1.165, 1.54) is 25.7 Å². The summed E-state index contributed by atoms with van der Waals surface area (Å²) in [6.45, 7) is 1.69. The van der Waals surface area contributed by atoms with Crippen molar-refractivity contribution in [2.45, 2.75) is 51.2 Å². The summed E-state index contributed by atoms with van der Waals surface area (Å²) in [4.78, 5) is 0. The summed E-state index contributed by atoms with van der Waals surface area (Å²) in [5, 5.41) is 0. The van der Waals surface area contributed by atoms with Crippen molar-refractivity contribution in [3.05, 3.63) is 11.6 Å². The first-order valence-electron chi connectivity index (χ1n) is 5.92. The van der Waals surface area contributed by atoms with Crippen LogP contribution in [0.4, 0.5) is 0 Å². The molecule has 2 nitrogen and oxygen atoms in total. The fourth-order valence-electron chi connectivity index (χ4n) is 1.66. The molecule has 0 bridgehead atoms. The first-order chi connectivity index (χ1) is 7.43. The van der Waals surface area contributed by atoms with Crippen molar-refractivity contribution in [2.75, 3.05) is 13.2 Å². The van der Waals surface area contributed by atoms with Crippen LogP contribution in [-0.2, 0) is 9.47 Å². The molecule has 0 N–H and O–H groups in total.